The number of carbonyl (C=O) groups excluding carboxylic acids is 1. The molecule has 1 aliphatic carbocycles. The Morgan fingerprint density at radius 1 is 1.50 bits per heavy atom. The van der Waals surface area contributed by atoms with Gasteiger partial charge in [0.05, 0.1) is 12.5 Å². The minimum atomic E-state index is -1.03. The zero-order chi connectivity index (χ0) is 10.6. The molecule has 0 aromatic heterocycles. The van der Waals surface area contributed by atoms with Crippen LogP contribution in [0.4, 0.5) is 8.78 Å². The fourth-order valence-electron chi connectivity index (χ4n) is 1.02. The smallest absolute Gasteiger partial charge is 0.316 e. The average Bonchev–Trinajstić information content (AvgIpc) is 2.30. The minimum absolute atomic E-state index is 0.217. The number of carbonyl (C=O) groups is 1. The molecule has 0 N–H and O–H groups in total. The Balaban J connectivity index is 2.79. The van der Waals surface area contributed by atoms with Crippen molar-refractivity contribution in [1.29, 1.82) is 0 Å². The van der Waals surface area contributed by atoms with Crippen LogP contribution in [0.2, 0.25) is 0 Å². The summed E-state index contributed by atoms with van der Waals surface area (Å²) in [6.07, 6.45) is 4.53. The largest absolute Gasteiger partial charge is 0.465 e. The Labute approximate surface area is 80.6 Å². The summed E-state index contributed by atoms with van der Waals surface area (Å²) >= 11 is 0. The van der Waals surface area contributed by atoms with E-state index in [9.17, 15) is 13.6 Å². The van der Waals surface area contributed by atoms with Gasteiger partial charge in [0.15, 0.2) is 11.7 Å². The second kappa shape index (κ2) is 4.69. The van der Waals surface area contributed by atoms with Gasteiger partial charge in [-0.2, -0.15) is 0 Å². The van der Waals surface area contributed by atoms with Crippen molar-refractivity contribution >= 4 is 5.97 Å². The van der Waals surface area contributed by atoms with Gasteiger partial charge in [0, 0.05) is 0 Å². The third kappa shape index (κ3) is 2.52. The Morgan fingerprint density at radius 3 is 2.86 bits per heavy atom. The summed E-state index contributed by atoms with van der Waals surface area (Å²) in [5, 5.41) is 0. The molecule has 0 aliphatic heterocycles. The molecule has 0 amide bonds. The van der Waals surface area contributed by atoms with Crippen molar-refractivity contribution in [2.24, 2.45) is 5.92 Å². The van der Waals surface area contributed by atoms with Crippen molar-refractivity contribution in [2.75, 3.05) is 6.61 Å². The van der Waals surface area contributed by atoms with Gasteiger partial charge in [0.25, 0.3) is 0 Å². The molecule has 76 valence electrons. The number of allylic oxidation sites excluding steroid dienone is 4. The molecule has 0 aromatic rings. The first-order chi connectivity index (χ1) is 6.65. The topological polar surface area (TPSA) is 26.3 Å². The van der Waals surface area contributed by atoms with Crippen LogP contribution in [-0.4, -0.2) is 12.6 Å². The molecule has 0 fully saturated rings. The summed E-state index contributed by atoms with van der Waals surface area (Å²) in [4.78, 5) is 11.2. The highest BCUT2D eigenvalue weighted by molar-refractivity contribution is 5.77. The van der Waals surface area contributed by atoms with Crippen LogP contribution >= 0.6 is 0 Å². The minimum Gasteiger partial charge on any atom is -0.465 e. The lowest BCUT2D eigenvalue weighted by Gasteiger charge is -2.05. The Bertz CT molecular complexity index is 316. The van der Waals surface area contributed by atoms with E-state index in [4.69, 9.17) is 0 Å². The first-order valence-electron chi connectivity index (χ1n) is 4.23. The van der Waals surface area contributed by atoms with E-state index in [-0.39, 0.29) is 6.61 Å². The van der Waals surface area contributed by atoms with Gasteiger partial charge in [-0.1, -0.05) is 12.2 Å². The number of rotatable bonds is 2. The second-order valence-corrected chi connectivity index (χ2v) is 2.69. The molecule has 0 saturated heterocycles. The number of ether oxygens (including phenoxy) is 1. The van der Waals surface area contributed by atoms with Crippen LogP contribution < -0.4 is 0 Å². The van der Waals surface area contributed by atoms with E-state index in [1.165, 1.54) is 12.2 Å². The molecule has 0 heterocycles. The van der Waals surface area contributed by atoms with Crippen molar-refractivity contribution in [2.45, 2.75) is 6.92 Å². The van der Waals surface area contributed by atoms with E-state index in [1.54, 1.807) is 6.92 Å². The summed E-state index contributed by atoms with van der Waals surface area (Å²) in [7, 11) is 0. The molecule has 0 spiro atoms. The quantitative estimate of drug-likeness (QED) is 0.640. The molecule has 1 unspecified atom stereocenters. The highest BCUT2D eigenvalue weighted by atomic mass is 19.2. The number of halogens is 2. The Kier molecular flexibility index (Phi) is 3.56. The third-order valence-corrected chi connectivity index (χ3v) is 1.67. The average molecular weight is 200 g/mol. The highest BCUT2D eigenvalue weighted by Gasteiger charge is 2.18. The maximum absolute atomic E-state index is 12.9. The summed E-state index contributed by atoms with van der Waals surface area (Å²) in [5.74, 6) is -3.44. The number of esters is 1. The van der Waals surface area contributed by atoms with Crippen molar-refractivity contribution in [3.8, 4) is 0 Å². The summed E-state index contributed by atoms with van der Waals surface area (Å²) in [6.45, 7) is 1.87. The lowest BCUT2D eigenvalue weighted by molar-refractivity contribution is -0.144. The Hall–Kier alpha value is -1.45. The lowest BCUT2D eigenvalue weighted by atomic mass is 10.1. The molecule has 1 aliphatic rings. The molecular weight excluding hydrogens is 190 g/mol. The van der Waals surface area contributed by atoms with Gasteiger partial charge < -0.3 is 4.74 Å². The zero-order valence-corrected chi connectivity index (χ0v) is 7.67. The van der Waals surface area contributed by atoms with Crippen LogP contribution in [-0.2, 0) is 9.53 Å². The van der Waals surface area contributed by atoms with Gasteiger partial charge in [-0.3, -0.25) is 4.79 Å². The molecular formula is C10H10F2O2. The second-order valence-electron chi connectivity index (χ2n) is 2.69. The van der Waals surface area contributed by atoms with Crippen molar-refractivity contribution in [1.82, 2.24) is 0 Å². The summed E-state index contributed by atoms with van der Waals surface area (Å²) in [5.41, 5.74) is 0. The van der Waals surface area contributed by atoms with Gasteiger partial charge in [-0.05, 0) is 19.1 Å². The van der Waals surface area contributed by atoms with E-state index >= 15 is 0 Å². The van der Waals surface area contributed by atoms with Crippen molar-refractivity contribution in [3.63, 3.8) is 0 Å². The molecule has 0 saturated carbocycles. The van der Waals surface area contributed by atoms with Crippen LogP contribution in [0.5, 0.6) is 0 Å². The fraction of sp³-hybridized carbons (Fsp3) is 0.300. The van der Waals surface area contributed by atoms with Crippen molar-refractivity contribution < 1.29 is 18.3 Å². The van der Waals surface area contributed by atoms with Crippen LogP contribution in [0.15, 0.2) is 36.0 Å². The van der Waals surface area contributed by atoms with E-state index in [2.05, 4.69) is 4.74 Å². The predicted octanol–water partition coefficient (Wildman–Crippen LogP) is 2.44. The Morgan fingerprint density at radius 2 is 2.21 bits per heavy atom. The fourth-order valence-corrected chi connectivity index (χ4v) is 1.02. The van der Waals surface area contributed by atoms with Crippen LogP contribution in [0, 0.1) is 5.92 Å². The molecule has 0 bridgehead atoms. The van der Waals surface area contributed by atoms with Gasteiger partial charge in [0.2, 0.25) is 0 Å². The molecule has 4 heteroatoms. The first kappa shape index (κ1) is 10.6. The standard InChI is InChI=1S/C10H10F2O2/c1-2-14-10(13)7-4-3-5-8(11)9(12)6-7/h3-7H,2H2,1H3. The molecule has 1 rings (SSSR count). The summed E-state index contributed by atoms with van der Waals surface area (Å²) in [6, 6.07) is 0. The maximum Gasteiger partial charge on any atom is 0.316 e. The first-order valence-corrected chi connectivity index (χ1v) is 4.23. The van der Waals surface area contributed by atoms with Gasteiger partial charge in [-0.25, -0.2) is 8.78 Å². The van der Waals surface area contributed by atoms with E-state index in [1.807, 2.05) is 0 Å². The monoisotopic (exact) mass is 200 g/mol. The normalized spacial score (nSPS) is 20.9. The molecule has 1 atom stereocenters. The number of hydrogen-bond donors (Lipinski definition) is 0. The SMILES string of the molecule is CCOC(=O)C1C=CC=C(F)C(F)=C1. The summed E-state index contributed by atoms with van der Waals surface area (Å²) < 4.78 is 30.2. The third-order valence-electron chi connectivity index (χ3n) is 1.67. The van der Waals surface area contributed by atoms with Crippen LogP contribution in [0.25, 0.3) is 0 Å². The maximum atomic E-state index is 12.9. The molecule has 2 nitrogen and oxygen atoms in total. The lowest BCUT2D eigenvalue weighted by Crippen LogP contribution is -2.13. The van der Waals surface area contributed by atoms with Gasteiger partial charge >= 0.3 is 5.97 Å². The van der Waals surface area contributed by atoms with Crippen molar-refractivity contribution in [3.05, 3.63) is 36.0 Å². The van der Waals surface area contributed by atoms with Gasteiger partial charge in [-0.15, -0.1) is 0 Å². The van der Waals surface area contributed by atoms with Crippen LogP contribution in [0.1, 0.15) is 6.92 Å². The number of hydrogen-bond acceptors (Lipinski definition) is 2. The predicted molar refractivity (Wildman–Crippen MR) is 47.6 cm³/mol. The molecule has 0 aromatic carbocycles. The van der Waals surface area contributed by atoms with E-state index in [0.29, 0.717) is 0 Å². The van der Waals surface area contributed by atoms with E-state index < -0.39 is 23.5 Å². The molecule has 14 heavy (non-hydrogen) atoms. The zero-order valence-electron chi connectivity index (χ0n) is 7.67. The molecule has 0 radical (unpaired) electrons. The highest BCUT2D eigenvalue weighted by Crippen LogP contribution is 2.20. The van der Waals surface area contributed by atoms with Gasteiger partial charge in [0.1, 0.15) is 0 Å². The van der Waals surface area contributed by atoms with E-state index in [0.717, 1.165) is 12.2 Å². The van der Waals surface area contributed by atoms with Crippen LogP contribution in [0.3, 0.4) is 0 Å².